The molecule has 0 unspecified atom stereocenters. The van der Waals surface area contributed by atoms with Crippen molar-refractivity contribution in [3.63, 3.8) is 0 Å². The molecule has 5 heteroatoms. The smallest absolute Gasteiger partial charge is 0.282 e. The first-order valence-corrected chi connectivity index (χ1v) is 6.63. The van der Waals surface area contributed by atoms with Gasteiger partial charge < -0.3 is 0 Å². The second-order valence-electron chi connectivity index (χ2n) is 4.99. The second kappa shape index (κ2) is 8.09. The lowest BCUT2D eigenvalue weighted by Gasteiger charge is -1.97. The maximum absolute atomic E-state index is 11.6. The molecule has 108 valence electrons. The molecule has 0 spiro atoms. The molecule has 0 saturated carbocycles. The first kappa shape index (κ1) is 15.9. The zero-order valence-electron chi connectivity index (χ0n) is 12.5. The number of aromatic amines is 1. The van der Waals surface area contributed by atoms with Gasteiger partial charge in [0.1, 0.15) is 0 Å². The molecule has 0 aliphatic heterocycles. The summed E-state index contributed by atoms with van der Waals surface area (Å²) >= 11 is 0. The van der Waals surface area contributed by atoms with Crippen molar-refractivity contribution in [3.8, 4) is 0 Å². The van der Waals surface area contributed by atoms with Gasteiger partial charge in [0.2, 0.25) is 0 Å². The van der Waals surface area contributed by atoms with Crippen molar-refractivity contribution in [1.29, 1.82) is 0 Å². The van der Waals surface area contributed by atoms with E-state index in [0.29, 0.717) is 5.69 Å². The third-order valence-electron chi connectivity index (χ3n) is 2.63. The Morgan fingerprint density at radius 2 is 2.20 bits per heavy atom. The lowest BCUT2D eigenvalue weighted by molar-refractivity contribution is 0.0950. The van der Waals surface area contributed by atoms with Crippen LogP contribution in [0, 0.1) is 6.92 Å². The minimum Gasteiger partial charge on any atom is -0.282 e. The van der Waals surface area contributed by atoms with Gasteiger partial charge in [-0.2, -0.15) is 10.2 Å². The average Bonchev–Trinajstić information content (AvgIpc) is 2.80. The van der Waals surface area contributed by atoms with Gasteiger partial charge in [0.15, 0.2) is 5.69 Å². The standard InChI is InChI=1S/C15H22N4O/c1-11(2)6-5-7-12(3)8-9-16-19-15(20)14-10-13(4)17-18-14/h6,8-10H,5,7H2,1-4H3,(H,17,18)(H,19,20)/b12-8+,16-9-. The van der Waals surface area contributed by atoms with E-state index in [1.54, 1.807) is 12.3 Å². The topological polar surface area (TPSA) is 70.1 Å². The Morgan fingerprint density at radius 1 is 1.45 bits per heavy atom. The highest BCUT2D eigenvalue weighted by Crippen LogP contribution is 2.05. The average molecular weight is 274 g/mol. The van der Waals surface area contributed by atoms with Gasteiger partial charge in [0.05, 0.1) is 0 Å². The first-order chi connectivity index (χ1) is 9.49. The van der Waals surface area contributed by atoms with Gasteiger partial charge in [-0.3, -0.25) is 9.89 Å². The Morgan fingerprint density at radius 3 is 2.80 bits per heavy atom. The van der Waals surface area contributed by atoms with Crippen LogP contribution in [0.2, 0.25) is 0 Å². The van der Waals surface area contributed by atoms with Crippen LogP contribution >= 0.6 is 0 Å². The highest BCUT2D eigenvalue weighted by atomic mass is 16.2. The van der Waals surface area contributed by atoms with Gasteiger partial charge in [-0.15, -0.1) is 0 Å². The number of nitrogens with one attached hydrogen (secondary N) is 2. The number of nitrogens with zero attached hydrogens (tertiary/aromatic N) is 2. The number of aryl methyl sites for hydroxylation is 1. The van der Waals surface area contributed by atoms with Crippen molar-refractivity contribution in [3.05, 3.63) is 40.8 Å². The molecule has 0 aromatic carbocycles. The fraction of sp³-hybridized carbons (Fsp3) is 0.400. The summed E-state index contributed by atoms with van der Waals surface area (Å²) < 4.78 is 0. The quantitative estimate of drug-likeness (QED) is 0.475. The number of hydrazone groups is 1. The second-order valence-corrected chi connectivity index (χ2v) is 4.99. The number of rotatable bonds is 6. The van der Waals surface area contributed by atoms with E-state index in [2.05, 4.69) is 40.6 Å². The highest BCUT2D eigenvalue weighted by molar-refractivity contribution is 5.92. The van der Waals surface area contributed by atoms with E-state index >= 15 is 0 Å². The molecule has 0 bridgehead atoms. The number of hydrogen-bond acceptors (Lipinski definition) is 3. The Balaban J connectivity index is 2.37. The van der Waals surface area contributed by atoms with Gasteiger partial charge in [-0.25, -0.2) is 5.43 Å². The number of allylic oxidation sites excluding steroid dienone is 4. The van der Waals surface area contributed by atoms with E-state index < -0.39 is 0 Å². The summed E-state index contributed by atoms with van der Waals surface area (Å²) in [4.78, 5) is 11.6. The Kier molecular flexibility index (Phi) is 6.43. The van der Waals surface area contributed by atoms with Crippen LogP contribution in [0.1, 0.15) is 49.8 Å². The maximum atomic E-state index is 11.6. The van der Waals surface area contributed by atoms with E-state index in [1.807, 2.05) is 19.9 Å². The fourth-order valence-corrected chi connectivity index (χ4v) is 1.52. The van der Waals surface area contributed by atoms with E-state index in [9.17, 15) is 4.79 Å². The fourth-order valence-electron chi connectivity index (χ4n) is 1.52. The molecular formula is C15H22N4O. The van der Waals surface area contributed by atoms with Crippen LogP contribution in [0.5, 0.6) is 0 Å². The first-order valence-electron chi connectivity index (χ1n) is 6.63. The zero-order chi connectivity index (χ0) is 15.0. The Bertz CT molecular complexity index is 534. The van der Waals surface area contributed by atoms with Crippen molar-refractivity contribution in [2.24, 2.45) is 5.10 Å². The van der Waals surface area contributed by atoms with Gasteiger partial charge in [-0.1, -0.05) is 17.2 Å². The van der Waals surface area contributed by atoms with Crippen LogP contribution < -0.4 is 5.43 Å². The molecule has 0 radical (unpaired) electrons. The molecule has 5 nitrogen and oxygen atoms in total. The minimum absolute atomic E-state index is 0.318. The van der Waals surface area contributed by atoms with Crippen LogP contribution in [0.25, 0.3) is 0 Å². The van der Waals surface area contributed by atoms with Crippen LogP contribution in [0.4, 0.5) is 0 Å². The van der Waals surface area contributed by atoms with Crippen LogP contribution in [-0.4, -0.2) is 22.3 Å². The number of hydrogen-bond donors (Lipinski definition) is 2. The monoisotopic (exact) mass is 274 g/mol. The normalized spacial score (nSPS) is 11.7. The van der Waals surface area contributed by atoms with Gasteiger partial charge in [0.25, 0.3) is 5.91 Å². The predicted octanol–water partition coefficient (Wildman–Crippen LogP) is 3.13. The molecule has 1 aromatic rings. The molecule has 1 heterocycles. The number of aromatic nitrogens is 2. The minimum atomic E-state index is -0.318. The zero-order valence-corrected chi connectivity index (χ0v) is 12.5. The van der Waals surface area contributed by atoms with E-state index in [4.69, 9.17) is 0 Å². The summed E-state index contributed by atoms with van der Waals surface area (Å²) in [5.41, 5.74) is 6.16. The van der Waals surface area contributed by atoms with Gasteiger partial charge in [0, 0.05) is 11.9 Å². The SMILES string of the molecule is CC(C)=CCC/C(C)=C/C=N\NC(=O)c1cc(C)[nH]n1. The van der Waals surface area contributed by atoms with Crippen LogP contribution in [0.3, 0.4) is 0 Å². The highest BCUT2D eigenvalue weighted by Gasteiger charge is 2.06. The number of carbonyl (C=O) groups excluding carboxylic acids is 1. The molecule has 1 aromatic heterocycles. The molecule has 0 aliphatic carbocycles. The molecule has 2 N–H and O–H groups in total. The predicted molar refractivity (Wildman–Crippen MR) is 81.7 cm³/mol. The lowest BCUT2D eigenvalue weighted by atomic mass is 10.1. The third-order valence-corrected chi connectivity index (χ3v) is 2.63. The van der Waals surface area contributed by atoms with Gasteiger partial charge in [-0.05, 0) is 52.7 Å². The van der Waals surface area contributed by atoms with Crippen molar-refractivity contribution in [1.82, 2.24) is 15.6 Å². The van der Waals surface area contributed by atoms with Crippen molar-refractivity contribution >= 4 is 12.1 Å². The molecule has 0 fully saturated rings. The molecule has 20 heavy (non-hydrogen) atoms. The number of H-pyrrole nitrogens is 1. The summed E-state index contributed by atoms with van der Waals surface area (Å²) in [6.07, 6.45) is 7.71. The van der Waals surface area contributed by atoms with Crippen molar-refractivity contribution in [2.75, 3.05) is 0 Å². The van der Waals surface area contributed by atoms with Crippen LogP contribution in [-0.2, 0) is 0 Å². The molecule has 1 rings (SSSR count). The van der Waals surface area contributed by atoms with Crippen molar-refractivity contribution < 1.29 is 4.79 Å². The number of carbonyl (C=O) groups is 1. The summed E-state index contributed by atoms with van der Waals surface area (Å²) in [7, 11) is 0. The van der Waals surface area contributed by atoms with Crippen molar-refractivity contribution in [2.45, 2.75) is 40.5 Å². The Labute approximate surface area is 119 Å². The van der Waals surface area contributed by atoms with E-state index in [-0.39, 0.29) is 5.91 Å². The van der Waals surface area contributed by atoms with Crippen LogP contribution in [0.15, 0.2) is 34.5 Å². The lowest BCUT2D eigenvalue weighted by Crippen LogP contribution is -2.17. The molecule has 0 atom stereocenters. The van der Waals surface area contributed by atoms with E-state index in [1.165, 1.54) is 11.1 Å². The summed E-state index contributed by atoms with van der Waals surface area (Å²) in [6.45, 7) is 8.06. The Hall–Kier alpha value is -2.17. The summed E-state index contributed by atoms with van der Waals surface area (Å²) in [5, 5.41) is 10.4. The molecule has 1 amide bonds. The van der Waals surface area contributed by atoms with Gasteiger partial charge >= 0.3 is 0 Å². The summed E-state index contributed by atoms with van der Waals surface area (Å²) in [6, 6.07) is 1.67. The molecule has 0 aliphatic rings. The molecular weight excluding hydrogens is 252 g/mol. The maximum Gasteiger partial charge on any atom is 0.291 e. The summed E-state index contributed by atoms with van der Waals surface area (Å²) in [5.74, 6) is -0.318. The largest absolute Gasteiger partial charge is 0.291 e. The number of amides is 1. The molecule has 0 saturated heterocycles. The van der Waals surface area contributed by atoms with E-state index in [0.717, 1.165) is 18.5 Å². The third kappa shape index (κ3) is 6.13.